The maximum Gasteiger partial charge on any atom is 0.248 e. The van der Waals surface area contributed by atoms with Crippen molar-refractivity contribution in [3.05, 3.63) is 0 Å². The van der Waals surface area contributed by atoms with Gasteiger partial charge >= 0.3 is 0 Å². The number of nitrogens with one attached hydrogen (secondary N) is 1. The third kappa shape index (κ3) is 6.86. The fraction of sp³-hybridized carbons (Fsp3) is 0.900. The Morgan fingerprint density at radius 3 is 2.57 bits per heavy atom. The molecule has 0 rings (SSSR count). The van der Waals surface area contributed by atoms with Gasteiger partial charge in [-0.15, -0.1) is 0 Å². The fourth-order valence-corrected chi connectivity index (χ4v) is 1.09. The molecule has 0 bridgehead atoms. The van der Waals surface area contributed by atoms with E-state index < -0.39 is 0 Å². The lowest BCUT2D eigenvalue weighted by Crippen LogP contribution is -2.34. The molecule has 0 heterocycles. The van der Waals surface area contributed by atoms with Crippen molar-refractivity contribution in [1.29, 1.82) is 0 Å². The quantitative estimate of drug-likeness (QED) is 0.568. The first kappa shape index (κ1) is 13.4. The van der Waals surface area contributed by atoms with Gasteiger partial charge < -0.3 is 15.8 Å². The number of amides is 1. The molecule has 4 nitrogen and oxygen atoms in total. The van der Waals surface area contributed by atoms with Crippen LogP contribution in [-0.2, 0) is 9.53 Å². The molecule has 0 saturated carbocycles. The maximum atomic E-state index is 11.2. The summed E-state index contributed by atoms with van der Waals surface area (Å²) in [5, 5.41) is 2.82. The predicted octanol–water partition coefficient (Wildman–Crippen LogP) is 0.657. The first-order valence-electron chi connectivity index (χ1n) is 5.23. The van der Waals surface area contributed by atoms with Crippen LogP contribution in [0.3, 0.4) is 0 Å². The van der Waals surface area contributed by atoms with E-state index in [1.807, 2.05) is 0 Å². The summed E-state index contributed by atoms with van der Waals surface area (Å²) in [5.74, 6) is -0.0358. The second kappa shape index (κ2) is 8.97. The largest absolute Gasteiger partial charge is 0.372 e. The fourth-order valence-electron chi connectivity index (χ4n) is 1.09. The molecule has 0 aromatic carbocycles. The summed E-state index contributed by atoms with van der Waals surface area (Å²) in [6, 6.07) is 0. The van der Waals surface area contributed by atoms with Gasteiger partial charge in [0.2, 0.25) is 5.91 Å². The number of rotatable bonds is 8. The molecule has 4 heteroatoms. The van der Waals surface area contributed by atoms with E-state index >= 15 is 0 Å². The molecule has 1 atom stereocenters. The number of methoxy groups -OCH3 is 1. The van der Waals surface area contributed by atoms with Crippen LogP contribution >= 0.6 is 0 Å². The number of ether oxygens (including phenoxy) is 1. The molecule has 0 aliphatic carbocycles. The van der Waals surface area contributed by atoms with E-state index in [9.17, 15) is 4.79 Å². The number of hydrogen-bond acceptors (Lipinski definition) is 3. The zero-order valence-electron chi connectivity index (χ0n) is 9.21. The van der Waals surface area contributed by atoms with E-state index in [1.165, 1.54) is 7.11 Å². The minimum absolute atomic E-state index is 0.0358. The average molecular weight is 202 g/mol. The number of hydrogen-bond donors (Lipinski definition) is 2. The first-order valence-corrected chi connectivity index (χ1v) is 5.23. The molecule has 3 N–H and O–H groups in total. The van der Waals surface area contributed by atoms with Crippen molar-refractivity contribution in [2.45, 2.75) is 38.7 Å². The smallest absolute Gasteiger partial charge is 0.248 e. The molecule has 0 aliphatic heterocycles. The highest BCUT2D eigenvalue weighted by molar-refractivity contribution is 5.80. The molecule has 0 fully saturated rings. The Morgan fingerprint density at radius 2 is 2.00 bits per heavy atom. The molecule has 0 saturated heterocycles. The van der Waals surface area contributed by atoms with Gasteiger partial charge in [-0.05, 0) is 26.3 Å². The zero-order valence-corrected chi connectivity index (χ0v) is 9.21. The van der Waals surface area contributed by atoms with Crippen molar-refractivity contribution in [1.82, 2.24) is 5.32 Å². The molecule has 1 unspecified atom stereocenters. The Labute approximate surface area is 86.2 Å². The SMILES string of the molecule is COC(C)C(=O)NCCCCCCN. The van der Waals surface area contributed by atoms with Gasteiger partial charge in [0.15, 0.2) is 0 Å². The lowest BCUT2D eigenvalue weighted by Gasteiger charge is -2.09. The summed E-state index contributed by atoms with van der Waals surface area (Å²) in [6.07, 6.45) is 4.01. The topological polar surface area (TPSA) is 64.3 Å². The van der Waals surface area contributed by atoms with Crippen LogP contribution in [0.15, 0.2) is 0 Å². The summed E-state index contributed by atoms with van der Waals surface area (Å²) < 4.78 is 4.88. The summed E-state index contributed by atoms with van der Waals surface area (Å²) in [6.45, 7) is 3.23. The molecule has 0 radical (unpaired) electrons. The molecular formula is C10H22N2O2. The molecule has 84 valence electrons. The molecule has 1 amide bonds. The minimum Gasteiger partial charge on any atom is -0.372 e. The summed E-state index contributed by atoms with van der Waals surface area (Å²) in [4.78, 5) is 11.2. The second-order valence-corrected chi connectivity index (χ2v) is 3.37. The van der Waals surface area contributed by atoms with Crippen molar-refractivity contribution in [2.75, 3.05) is 20.2 Å². The lowest BCUT2D eigenvalue weighted by molar-refractivity contribution is -0.130. The summed E-state index contributed by atoms with van der Waals surface area (Å²) in [5.41, 5.74) is 5.36. The van der Waals surface area contributed by atoms with Crippen LogP contribution in [0.4, 0.5) is 0 Å². The first-order chi connectivity index (χ1) is 6.72. The van der Waals surface area contributed by atoms with Crippen LogP contribution in [0.25, 0.3) is 0 Å². The van der Waals surface area contributed by atoms with Crippen LogP contribution in [-0.4, -0.2) is 32.2 Å². The van der Waals surface area contributed by atoms with Crippen LogP contribution in [0.2, 0.25) is 0 Å². The van der Waals surface area contributed by atoms with E-state index in [2.05, 4.69) is 5.32 Å². The highest BCUT2D eigenvalue weighted by Gasteiger charge is 2.09. The highest BCUT2D eigenvalue weighted by Crippen LogP contribution is 1.97. The zero-order chi connectivity index (χ0) is 10.8. The monoisotopic (exact) mass is 202 g/mol. The maximum absolute atomic E-state index is 11.2. The number of unbranched alkanes of at least 4 members (excludes halogenated alkanes) is 3. The second-order valence-electron chi connectivity index (χ2n) is 3.37. The Balaban J connectivity index is 3.23. The summed E-state index contributed by atoms with van der Waals surface area (Å²) >= 11 is 0. The van der Waals surface area contributed by atoms with Crippen molar-refractivity contribution in [2.24, 2.45) is 5.73 Å². The van der Waals surface area contributed by atoms with Crippen molar-refractivity contribution >= 4 is 5.91 Å². The van der Waals surface area contributed by atoms with Crippen molar-refractivity contribution in [3.63, 3.8) is 0 Å². The van der Waals surface area contributed by atoms with Gasteiger partial charge in [0.05, 0.1) is 0 Å². The normalized spacial score (nSPS) is 12.5. The Morgan fingerprint density at radius 1 is 1.36 bits per heavy atom. The average Bonchev–Trinajstić information content (AvgIpc) is 2.21. The van der Waals surface area contributed by atoms with E-state index in [0.717, 1.165) is 38.8 Å². The van der Waals surface area contributed by atoms with Gasteiger partial charge in [-0.2, -0.15) is 0 Å². The standard InChI is InChI=1S/C10H22N2O2/c1-9(14-2)10(13)12-8-6-4-3-5-7-11/h9H,3-8,11H2,1-2H3,(H,12,13). The third-order valence-corrected chi connectivity index (χ3v) is 2.15. The van der Waals surface area contributed by atoms with E-state index in [4.69, 9.17) is 10.5 Å². The third-order valence-electron chi connectivity index (χ3n) is 2.15. The van der Waals surface area contributed by atoms with Crippen LogP contribution in [0.1, 0.15) is 32.6 Å². The Kier molecular flexibility index (Phi) is 8.57. The van der Waals surface area contributed by atoms with Gasteiger partial charge in [0.25, 0.3) is 0 Å². The van der Waals surface area contributed by atoms with Gasteiger partial charge in [0.1, 0.15) is 6.10 Å². The van der Waals surface area contributed by atoms with Crippen LogP contribution in [0.5, 0.6) is 0 Å². The molecule has 0 aromatic rings. The molecule has 0 aliphatic rings. The van der Waals surface area contributed by atoms with Crippen LogP contribution < -0.4 is 11.1 Å². The van der Waals surface area contributed by atoms with Crippen molar-refractivity contribution < 1.29 is 9.53 Å². The Bertz CT molecular complexity index is 151. The van der Waals surface area contributed by atoms with E-state index in [1.54, 1.807) is 6.92 Å². The van der Waals surface area contributed by atoms with Gasteiger partial charge in [-0.3, -0.25) is 4.79 Å². The molecular weight excluding hydrogens is 180 g/mol. The predicted molar refractivity (Wildman–Crippen MR) is 57.0 cm³/mol. The summed E-state index contributed by atoms with van der Waals surface area (Å²) in [7, 11) is 1.53. The van der Waals surface area contributed by atoms with Crippen molar-refractivity contribution in [3.8, 4) is 0 Å². The van der Waals surface area contributed by atoms with Gasteiger partial charge in [-0.1, -0.05) is 12.8 Å². The number of nitrogens with two attached hydrogens (primary N) is 1. The molecule has 0 aromatic heterocycles. The molecule has 14 heavy (non-hydrogen) atoms. The van der Waals surface area contributed by atoms with Gasteiger partial charge in [0, 0.05) is 13.7 Å². The number of carbonyl (C=O) groups is 1. The molecule has 0 spiro atoms. The van der Waals surface area contributed by atoms with E-state index in [0.29, 0.717) is 0 Å². The van der Waals surface area contributed by atoms with Gasteiger partial charge in [-0.25, -0.2) is 0 Å². The number of carbonyl (C=O) groups excluding carboxylic acids is 1. The highest BCUT2D eigenvalue weighted by atomic mass is 16.5. The Hall–Kier alpha value is -0.610. The minimum atomic E-state index is -0.348. The van der Waals surface area contributed by atoms with E-state index in [-0.39, 0.29) is 12.0 Å². The van der Waals surface area contributed by atoms with Crippen LogP contribution in [0, 0.1) is 0 Å². The lowest BCUT2D eigenvalue weighted by atomic mass is 10.2.